The maximum Gasteiger partial charge on any atom is 0.408 e. The van der Waals surface area contributed by atoms with Crippen LogP contribution < -0.4 is 5.32 Å². The largest absolute Gasteiger partial charge is 0.481 e. The van der Waals surface area contributed by atoms with Crippen molar-refractivity contribution in [2.45, 2.75) is 31.9 Å². The fourth-order valence-electron chi connectivity index (χ4n) is 2.03. The molecule has 0 fully saturated rings. The van der Waals surface area contributed by atoms with E-state index in [0.29, 0.717) is 0 Å². The van der Waals surface area contributed by atoms with Crippen LogP contribution in [0.2, 0.25) is 0 Å². The third-order valence-electron chi connectivity index (χ3n) is 3.40. The van der Waals surface area contributed by atoms with E-state index in [4.69, 9.17) is 15.1 Å². The van der Waals surface area contributed by atoms with Gasteiger partial charge in [-0.15, -0.1) is 0 Å². The van der Waals surface area contributed by atoms with Crippen LogP contribution in [0, 0.1) is 17.2 Å². The van der Waals surface area contributed by atoms with Gasteiger partial charge in [-0.25, -0.2) is 9.59 Å². The number of hydrogen-bond acceptors (Lipinski definition) is 5. The number of amides is 1. The van der Waals surface area contributed by atoms with Crippen molar-refractivity contribution in [2.75, 3.05) is 0 Å². The Morgan fingerprint density at radius 1 is 1.29 bits per heavy atom. The van der Waals surface area contributed by atoms with Crippen molar-refractivity contribution >= 4 is 18.0 Å². The van der Waals surface area contributed by atoms with E-state index in [1.165, 1.54) is 6.92 Å². The van der Waals surface area contributed by atoms with Gasteiger partial charge in [0, 0.05) is 6.42 Å². The molecule has 0 radical (unpaired) electrons. The van der Waals surface area contributed by atoms with Crippen LogP contribution in [0.25, 0.3) is 0 Å². The van der Waals surface area contributed by atoms with Gasteiger partial charge in [0.1, 0.15) is 12.1 Å². The molecule has 1 aromatic carbocycles. The molecule has 8 nitrogen and oxygen atoms in total. The molecule has 1 rings (SSSR count). The molecule has 2 unspecified atom stereocenters. The summed E-state index contributed by atoms with van der Waals surface area (Å²) in [6.07, 6.45) is -1.78. The highest BCUT2D eigenvalue weighted by molar-refractivity contribution is 5.85. The van der Waals surface area contributed by atoms with Gasteiger partial charge in [0.25, 0.3) is 0 Å². The molecule has 1 amide bonds. The van der Waals surface area contributed by atoms with E-state index in [-0.39, 0.29) is 13.0 Å². The van der Waals surface area contributed by atoms with Crippen LogP contribution in [-0.4, -0.2) is 33.8 Å². The number of nitrogens with zero attached hydrogens (tertiary/aromatic N) is 1. The minimum Gasteiger partial charge on any atom is -0.481 e. The van der Waals surface area contributed by atoms with E-state index in [0.717, 1.165) is 5.56 Å². The Hall–Kier alpha value is -3.08. The topological polar surface area (TPSA) is 137 Å². The normalized spacial score (nSPS) is 13.8. The number of carbonyl (C=O) groups excluding carboxylic acids is 1. The molecule has 0 saturated carbocycles. The Morgan fingerprint density at radius 3 is 2.42 bits per heavy atom. The van der Waals surface area contributed by atoms with E-state index in [9.17, 15) is 19.5 Å². The summed E-state index contributed by atoms with van der Waals surface area (Å²) >= 11 is 0. The Bertz CT molecular complexity index is 640. The predicted octanol–water partition coefficient (Wildman–Crippen LogP) is 1.76. The summed E-state index contributed by atoms with van der Waals surface area (Å²) in [7, 11) is 0. The number of nitrogens with one attached hydrogen (secondary N) is 1. The van der Waals surface area contributed by atoms with Crippen molar-refractivity contribution < 1.29 is 29.3 Å². The highest BCUT2D eigenvalue weighted by atomic mass is 16.5. The SMILES string of the molecule is CC(CC(CC#N)C(=O)O)(NC(=O)OCc1ccccc1)C(=O)O. The summed E-state index contributed by atoms with van der Waals surface area (Å²) in [5.41, 5.74) is -1.15. The van der Waals surface area contributed by atoms with Crippen molar-refractivity contribution in [3.63, 3.8) is 0 Å². The standard InChI is InChI=1S/C16H18N2O6/c1-16(14(21)22,9-12(7-8-17)13(19)20)18-15(23)24-10-11-5-3-2-4-6-11/h2-6,12H,7,9-10H2,1H3,(H,18,23)(H,19,20)(H,21,22). The van der Waals surface area contributed by atoms with Crippen LogP contribution in [0.3, 0.4) is 0 Å². The zero-order chi connectivity index (χ0) is 18.2. The molecule has 8 heteroatoms. The number of nitriles is 1. The molecule has 0 bridgehead atoms. The lowest BCUT2D eigenvalue weighted by Crippen LogP contribution is -2.54. The van der Waals surface area contributed by atoms with Gasteiger partial charge in [0.2, 0.25) is 0 Å². The highest BCUT2D eigenvalue weighted by Crippen LogP contribution is 2.21. The number of carboxylic acid groups (broad SMARTS) is 2. The van der Waals surface area contributed by atoms with Crippen molar-refractivity contribution in [2.24, 2.45) is 5.92 Å². The van der Waals surface area contributed by atoms with Gasteiger partial charge in [0.05, 0.1) is 12.0 Å². The fraction of sp³-hybridized carbons (Fsp3) is 0.375. The minimum absolute atomic E-state index is 0.0527. The molecule has 24 heavy (non-hydrogen) atoms. The molecule has 128 valence electrons. The average molecular weight is 334 g/mol. The lowest BCUT2D eigenvalue weighted by Gasteiger charge is -2.27. The molecular formula is C16H18N2O6. The maximum absolute atomic E-state index is 11.8. The lowest BCUT2D eigenvalue weighted by atomic mass is 9.87. The van der Waals surface area contributed by atoms with E-state index in [2.05, 4.69) is 5.32 Å². The molecule has 2 atom stereocenters. The van der Waals surface area contributed by atoms with Crippen molar-refractivity contribution in [1.29, 1.82) is 5.26 Å². The fourth-order valence-corrected chi connectivity index (χ4v) is 2.03. The summed E-state index contributed by atoms with van der Waals surface area (Å²) in [5.74, 6) is -3.93. The van der Waals surface area contributed by atoms with Crippen molar-refractivity contribution in [1.82, 2.24) is 5.32 Å². The summed E-state index contributed by atoms with van der Waals surface area (Å²) < 4.78 is 4.95. The number of rotatable bonds is 8. The summed E-state index contributed by atoms with van der Waals surface area (Å²) in [6, 6.07) is 10.5. The van der Waals surface area contributed by atoms with Gasteiger partial charge >= 0.3 is 18.0 Å². The molecule has 0 saturated heterocycles. The van der Waals surface area contributed by atoms with Gasteiger partial charge in [-0.3, -0.25) is 4.79 Å². The molecule has 1 aromatic rings. The molecule has 0 aliphatic heterocycles. The highest BCUT2D eigenvalue weighted by Gasteiger charge is 2.40. The Morgan fingerprint density at radius 2 is 1.92 bits per heavy atom. The van der Waals surface area contributed by atoms with Gasteiger partial charge in [-0.2, -0.15) is 5.26 Å². The third-order valence-corrected chi connectivity index (χ3v) is 3.40. The van der Waals surface area contributed by atoms with Gasteiger partial charge < -0.3 is 20.3 Å². The number of aliphatic carboxylic acids is 2. The summed E-state index contributed by atoms with van der Waals surface area (Å²) in [4.78, 5) is 34.4. The quantitative estimate of drug-likeness (QED) is 0.658. The monoisotopic (exact) mass is 334 g/mol. The Labute approximate surface area is 138 Å². The molecule has 0 heterocycles. The van der Waals surface area contributed by atoms with Crippen LogP contribution in [0.15, 0.2) is 30.3 Å². The number of hydrogen-bond donors (Lipinski definition) is 3. The zero-order valence-corrected chi connectivity index (χ0v) is 13.1. The maximum atomic E-state index is 11.8. The Kier molecular flexibility index (Phi) is 6.74. The van der Waals surface area contributed by atoms with Crippen LogP contribution in [0.1, 0.15) is 25.3 Å². The zero-order valence-electron chi connectivity index (χ0n) is 13.1. The first kappa shape index (κ1) is 19.0. The van der Waals surface area contributed by atoms with Crippen LogP contribution in [-0.2, 0) is 20.9 Å². The van der Waals surface area contributed by atoms with Gasteiger partial charge in [0.15, 0.2) is 0 Å². The van der Waals surface area contributed by atoms with E-state index < -0.39 is 35.9 Å². The number of ether oxygens (including phenoxy) is 1. The number of carbonyl (C=O) groups is 3. The second-order valence-corrected chi connectivity index (χ2v) is 5.43. The van der Waals surface area contributed by atoms with Gasteiger partial charge in [-0.1, -0.05) is 30.3 Å². The molecule has 0 aromatic heterocycles. The van der Waals surface area contributed by atoms with Crippen molar-refractivity contribution in [3.05, 3.63) is 35.9 Å². The Balaban J connectivity index is 2.73. The number of benzene rings is 1. The molecular weight excluding hydrogens is 316 g/mol. The summed E-state index contributed by atoms with van der Waals surface area (Å²) in [6.45, 7) is 1.12. The minimum atomic E-state index is -1.87. The van der Waals surface area contributed by atoms with E-state index in [1.807, 2.05) is 0 Å². The summed E-state index contributed by atoms with van der Waals surface area (Å²) in [5, 5.41) is 29.2. The third kappa shape index (κ3) is 5.61. The molecule has 0 aliphatic carbocycles. The second kappa shape index (κ2) is 8.53. The van der Waals surface area contributed by atoms with Gasteiger partial charge in [-0.05, 0) is 18.9 Å². The van der Waals surface area contributed by atoms with Crippen molar-refractivity contribution in [3.8, 4) is 6.07 Å². The number of carboxylic acids is 2. The second-order valence-electron chi connectivity index (χ2n) is 5.43. The van der Waals surface area contributed by atoms with E-state index >= 15 is 0 Å². The first-order chi connectivity index (χ1) is 11.3. The first-order valence-corrected chi connectivity index (χ1v) is 7.10. The predicted molar refractivity (Wildman–Crippen MR) is 81.8 cm³/mol. The molecule has 0 aliphatic rings. The first-order valence-electron chi connectivity index (χ1n) is 7.10. The average Bonchev–Trinajstić information content (AvgIpc) is 2.53. The molecule has 3 N–H and O–H groups in total. The lowest BCUT2D eigenvalue weighted by molar-refractivity contribution is -0.147. The van der Waals surface area contributed by atoms with Crippen LogP contribution in [0.4, 0.5) is 4.79 Å². The molecule has 0 spiro atoms. The van der Waals surface area contributed by atoms with Crippen LogP contribution in [0.5, 0.6) is 0 Å². The smallest absolute Gasteiger partial charge is 0.408 e. The van der Waals surface area contributed by atoms with Crippen LogP contribution >= 0.6 is 0 Å². The van der Waals surface area contributed by atoms with E-state index in [1.54, 1.807) is 36.4 Å². The number of alkyl carbamates (subject to hydrolysis) is 1.